The monoisotopic (exact) mass is 383 g/mol. The number of rotatable bonds is 6. The van der Waals surface area contributed by atoms with Crippen LogP contribution in [0.15, 0.2) is 30.7 Å². The van der Waals surface area contributed by atoms with E-state index in [4.69, 9.17) is 9.47 Å². The Bertz CT molecular complexity index is 1000. The summed E-state index contributed by atoms with van der Waals surface area (Å²) in [6.45, 7) is 1.60. The molecule has 1 aliphatic carbocycles. The number of methoxy groups -OCH3 is 1. The Balaban J connectivity index is 1.44. The van der Waals surface area contributed by atoms with Gasteiger partial charge < -0.3 is 14.8 Å². The maximum atomic E-state index is 14.6. The van der Waals surface area contributed by atoms with Gasteiger partial charge in [0.25, 0.3) is 0 Å². The Labute approximate surface area is 161 Å². The molecule has 28 heavy (non-hydrogen) atoms. The predicted octanol–water partition coefficient (Wildman–Crippen LogP) is 3.33. The normalized spacial score (nSPS) is 21.9. The molecule has 0 radical (unpaired) electrons. The van der Waals surface area contributed by atoms with Crippen LogP contribution in [0.5, 0.6) is 5.75 Å². The Morgan fingerprint density at radius 2 is 2.14 bits per heavy atom. The summed E-state index contributed by atoms with van der Waals surface area (Å²) in [5.41, 5.74) is 1.32. The van der Waals surface area contributed by atoms with Crippen molar-refractivity contribution in [3.63, 3.8) is 0 Å². The SMILES string of the molecule is COc1ccc2c(N[C@@H]3CCO[C@H]3c3ccnn3CC3CC3)ncnc2c1F. The molecule has 0 bridgehead atoms. The maximum Gasteiger partial charge on any atom is 0.191 e. The van der Waals surface area contributed by atoms with Gasteiger partial charge in [0.2, 0.25) is 0 Å². The van der Waals surface area contributed by atoms with Crippen LogP contribution < -0.4 is 10.1 Å². The topological polar surface area (TPSA) is 74.1 Å². The molecule has 2 aliphatic rings. The number of nitrogens with zero attached hydrogens (tertiary/aromatic N) is 4. The Morgan fingerprint density at radius 3 is 2.96 bits per heavy atom. The van der Waals surface area contributed by atoms with Gasteiger partial charge in [0.15, 0.2) is 11.6 Å². The molecular formula is C20H22FN5O2. The van der Waals surface area contributed by atoms with Crippen molar-refractivity contribution in [2.45, 2.75) is 38.0 Å². The lowest BCUT2D eigenvalue weighted by molar-refractivity contribution is 0.0996. The smallest absolute Gasteiger partial charge is 0.191 e. The van der Waals surface area contributed by atoms with Gasteiger partial charge >= 0.3 is 0 Å². The molecular weight excluding hydrogens is 361 g/mol. The first-order valence-corrected chi connectivity index (χ1v) is 9.61. The lowest BCUT2D eigenvalue weighted by Gasteiger charge is -2.22. The zero-order valence-corrected chi connectivity index (χ0v) is 15.6. The van der Waals surface area contributed by atoms with E-state index in [0.717, 1.165) is 24.6 Å². The third-order valence-electron chi connectivity index (χ3n) is 5.51. The highest BCUT2D eigenvalue weighted by Gasteiger charge is 2.34. The van der Waals surface area contributed by atoms with E-state index in [2.05, 4.69) is 25.1 Å². The number of benzene rings is 1. The fourth-order valence-corrected chi connectivity index (χ4v) is 3.84. The highest BCUT2D eigenvalue weighted by atomic mass is 19.1. The number of hydrogen-bond acceptors (Lipinski definition) is 6. The number of fused-ring (bicyclic) bond motifs is 1. The van der Waals surface area contributed by atoms with Gasteiger partial charge in [-0.3, -0.25) is 4.68 Å². The fourth-order valence-electron chi connectivity index (χ4n) is 3.84. The lowest BCUT2D eigenvalue weighted by Crippen LogP contribution is -2.26. The second-order valence-electron chi connectivity index (χ2n) is 7.41. The van der Waals surface area contributed by atoms with Crippen molar-refractivity contribution >= 4 is 16.7 Å². The second kappa shape index (κ2) is 7.01. The second-order valence-corrected chi connectivity index (χ2v) is 7.41. The van der Waals surface area contributed by atoms with E-state index in [0.29, 0.717) is 17.8 Å². The van der Waals surface area contributed by atoms with Crippen molar-refractivity contribution in [2.24, 2.45) is 5.92 Å². The van der Waals surface area contributed by atoms with Gasteiger partial charge in [-0.15, -0.1) is 0 Å². The third-order valence-corrected chi connectivity index (χ3v) is 5.51. The van der Waals surface area contributed by atoms with Crippen LogP contribution in [0.1, 0.15) is 31.1 Å². The van der Waals surface area contributed by atoms with Crippen molar-refractivity contribution in [2.75, 3.05) is 19.0 Å². The first-order chi connectivity index (χ1) is 13.7. The molecule has 8 heteroatoms. The molecule has 1 aliphatic heterocycles. The Kier molecular flexibility index (Phi) is 4.35. The van der Waals surface area contributed by atoms with E-state index in [-0.39, 0.29) is 23.4 Å². The molecule has 146 valence electrons. The van der Waals surface area contributed by atoms with Gasteiger partial charge in [0, 0.05) is 24.7 Å². The molecule has 1 aromatic carbocycles. The van der Waals surface area contributed by atoms with Gasteiger partial charge in [-0.2, -0.15) is 5.10 Å². The average molecular weight is 383 g/mol. The summed E-state index contributed by atoms with van der Waals surface area (Å²) >= 11 is 0. The summed E-state index contributed by atoms with van der Waals surface area (Å²) in [7, 11) is 1.44. The Hall–Kier alpha value is -2.74. The van der Waals surface area contributed by atoms with Crippen molar-refractivity contribution in [1.29, 1.82) is 0 Å². The van der Waals surface area contributed by atoms with Crippen molar-refractivity contribution in [3.8, 4) is 5.75 Å². The molecule has 2 aromatic heterocycles. The molecule has 2 atom stereocenters. The van der Waals surface area contributed by atoms with E-state index in [9.17, 15) is 4.39 Å². The molecule has 7 nitrogen and oxygen atoms in total. The molecule has 1 N–H and O–H groups in total. The molecule has 0 amide bonds. The first kappa shape index (κ1) is 17.4. The summed E-state index contributed by atoms with van der Waals surface area (Å²) in [5, 5.41) is 8.56. The first-order valence-electron chi connectivity index (χ1n) is 9.61. The molecule has 0 spiro atoms. The van der Waals surface area contributed by atoms with Crippen LogP contribution in [0.4, 0.5) is 10.2 Å². The van der Waals surface area contributed by atoms with Gasteiger partial charge in [0.1, 0.15) is 23.8 Å². The van der Waals surface area contributed by atoms with Gasteiger partial charge in [-0.1, -0.05) is 0 Å². The number of aromatic nitrogens is 4. The molecule has 3 heterocycles. The number of anilines is 1. The van der Waals surface area contributed by atoms with E-state index >= 15 is 0 Å². The molecule has 0 unspecified atom stereocenters. The van der Waals surface area contributed by atoms with E-state index < -0.39 is 5.82 Å². The van der Waals surface area contributed by atoms with Gasteiger partial charge in [-0.05, 0) is 43.4 Å². The largest absolute Gasteiger partial charge is 0.494 e. The van der Waals surface area contributed by atoms with Crippen LogP contribution in [0.3, 0.4) is 0 Å². The quantitative estimate of drug-likeness (QED) is 0.704. The number of halogens is 1. The number of nitrogens with one attached hydrogen (secondary N) is 1. The Morgan fingerprint density at radius 1 is 1.25 bits per heavy atom. The van der Waals surface area contributed by atoms with Gasteiger partial charge in [-0.25, -0.2) is 14.4 Å². The van der Waals surface area contributed by atoms with Crippen molar-refractivity contribution < 1.29 is 13.9 Å². The minimum atomic E-state index is -0.479. The van der Waals surface area contributed by atoms with Crippen LogP contribution in [0, 0.1) is 11.7 Å². The molecule has 5 rings (SSSR count). The van der Waals surface area contributed by atoms with Crippen molar-refractivity contribution in [3.05, 3.63) is 42.2 Å². The summed E-state index contributed by atoms with van der Waals surface area (Å²) in [5.74, 6) is 1.02. The van der Waals surface area contributed by atoms with Crippen LogP contribution in [-0.2, 0) is 11.3 Å². The highest BCUT2D eigenvalue weighted by Crippen LogP contribution is 2.36. The molecule has 1 saturated heterocycles. The average Bonchev–Trinajstić information content (AvgIpc) is 3.21. The summed E-state index contributed by atoms with van der Waals surface area (Å²) in [4.78, 5) is 8.45. The van der Waals surface area contributed by atoms with E-state index in [1.165, 1.54) is 26.3 Å². The zero-order chi connectivity index (χ0) is 19.1. The summed E-state index contributed by atoms with van der Waals surface area (Å²) in [6.07, 6.45) is 6.47. The van der Waals surface area contributed by atoms with E-state index in [1.807, 2.05) is 12.3 Å². The third kappa shape index (κ3) is 3.07. The molecule has 1 saturated carbocycles. The van der Waals surface area contributed by atoms with E-state index in [1.54, 1.807) is 12.1 Å². The standard InChI is InChI=1S/C20H22FN5O2/c1-27-16-5-4-13-18(17(16)21)22-11-23-20(13)25-14-7-9-28-19(14)15-6-8-24-26(15)10-12-2-3-12/h4-6,8,11-12,14,19H,2-3,7,9-10H2,1H3,(H,22,23,25)/t14-,19-/m1/s1. The molecule has 3 aromatic rings. The zero-order valence-electron chi connectivity index (χ0n) is 15.6. The summed E-state index contributed by atoms with van der Waals surface area (Å²) in [6, 6.07) is 5.43. The number of hydrogen-bond donors (Lipinski definition) is 1. The lowest BCUT2D eigenvalue weighted by atomic mass is 10.1. The fraction of sp³-hybridized carbons (Fsp3) is 0.450. The van der Waals surface area contributed by atoms with Crippen LogP contribution in [0.2, 0.25) is 0 Å². The maximum absolute atomic E-state index is 14.6. The summed E-state index contributed by atoms with van der Waals surface area (Å²) < 4.78 is 27.7. The van der Waals surface area contributed by atoms with Crippen LogP contribution >= 0.6 is 0 Å². The molecule has 2 fully saturated rings. The minimum absolute atomic E-state index is 0.0258. The number of ether oxygens (including phenoxy) is 2. The van der Waals surface area contributed by atoms with Crippen LogP contribution in [-0.4, -0.2) is 39.5 Å². The minimum Gasteiger partial charge on any atom is -0.494 e. The van der Waals surface area contributed by atoms with Gasteiger partial charge in [0.05, 0.1) is 18.8 Å². The predicted molar refractivity (Wildman–Crippen MR) is 102 cm³/mol. The van der Waals surface area contributed by atoms with Crippen LogP contribution in [0.25, 0.3) is 10.9 Å². The van der Waals surface area contributed by atoms with Crippen molar-refractivity contribution in [1.82, 2.24) is 19.7 Å². The highest BCUT2D eigenvalue weighted by molar-refractivity contribution is 5.90.